The van der Waals surface area contributed by atoms with Gasteiger partial charge in [-0.05, 0) is 12.0 Å². The second-order valence-corrected chi connectivity index (χ2v) is 3.28. The summed E-state index contributed by atoms with van der Waals surface area (Å²) in [6, 6.07) is 10.2. The molecule has 13 heavy (non-hydrogen) atoms. The lowest BCUT2D eigenvalue weighted by atomic mass is 10.2. The largest absolute Gasteiger partial charge is 0.377 e. The fourth-order valence-corrected chi connectivity index (χ4v) is 1.21. The molecule has 1 aliphatic rings. The lowest BCUT2D eigenvalue weighted by Crippen LogP contribution is -1.98. The Bertz CT molecular complexity index is 242. The molecule has 0 unspecified atom stereocenters. The number of hydrogen-bond donors (Lipinski definition) is 0. The molecular formula is C11H14O2. The maximum Gasteiger partial charge on any atom is 0.0831 e. The fraction of sp³-hybridized carbons (Fsp3) is 0.455. The molecule has 1 saturated heterocycles. The lowest BCUT2D eigenvalue weighted by Gasteiger charge is -2.02. The highest BCUT2D eigenvalue weighted by atomic mass is 16.6. The molecule has 1 aromatic carbocycles. The highest BCUT2D eigenvalue weighted by Gasteiger charge is 2.21. The lowest BCUT2D eigenvalue weighted by molar-refractivity contribution is 0.113. The summed E-state index contributed by atoms with van der Waals surface area (Å²) >= 11 is 0. The van der Waals surface area contributed by atoms with E-state index in [0.717, 1.165) is 19.6 Å². The average Bonchev–Trinajstić information content (AvgIpc) is 2.98. The van der Waals surface area contributed by atoms with E-state index in [4.69, 9.17) is 9.47 Å². The molecule has 2 nitrogen and oxygen atoms in total. The molecule has 1 heterocycles. The normalized spacial score (nSPS) is 20.2. The van der Waals surface area contributed by atoms with Crippen LogP contribution < -0.4 is 0 Å². The molecule has 0 aromatic heterocycles. The first-order valence-corrected chi connectivity index (χ1v) is 4.68. The van der Waals surface area contributed by atoms with E-state index in [9.17, 15) is 0 Å². The van der Waals surface area contributed by atoms with Gasteiger partial charge in [0.05, 0.1) is 19.3 Å². The summed E-state index contributed by atoms with van der Waals surface area (Å²) in [6.45, 7) is 2.45. The first-order valence-electron chi connectivity index (χ1n) is 4.68. The molecule has 0 saturated carbocycles. The van der Waals surface area contributed by atoms with Gasteiger partial charge in [-0.25, -0.2) is 0 Å². The van der Waals surface area contributed by atoms with Crippen LogP contribution in [0.2, 0.25) is 0 Å². The van der Waals surface area contributed by atoms with Crippen LogP contribution in [0.25, 0.3) is 0 Å². The van der Waals surface area contributed by atoms with Crippen molar-refractivity contribution in [2.45, 2.75) is 19.1 Å². The number of ether oxygens (including phenoxy) is 2. The van der Waals surface area contributed by atoms with Crippen LogP contribution in [-0.2, 0) is 16.1 Å². The predicted octanol–water partition coefficient (Wildman–Crippen LogP) is 1.99. The molecule has 0 N–H and O–H groups in total. The molecule has 0 bridgehead atoms. The van der Waals surface area contributed by atoms with Crippen molar-refractivity contribution in [3.05, 3.63) is 35.9 Å². The Kier molecular flexibility index (Phi) is 2.95. The summed E-state index contributed by atoms with van der Waals surface area (Å²) < 4.78 is 10.6. The minimum Gasteiger partial charge on any atom is -0.377 e. The van der Waals surface area contributed by atoms with Gasteiger partial charge in [0.25, 0.3) is 0 Å². The Balaban J connectivity index is 1.61. The average molecular weight is 178 g/mol. The van der Waals surface area contributed by atoms with E-state index in [1.807, 2.05) is 18.2 Å². The van der Waals surface area contributed by atoms with Gasteiger partial charge in [0, 0.05) is 6.61 Å². The highest BCUT2D eigenvalue weighted by Crippen LogP contribution is 2.13. The number of epoxide rings is 1. The molecule has 1 aliphatic heterocycles. The first kappa shape index (κ1) is 8.73. The van der Waals surface area contributed by atoms with Crippen LogP contribution in [0.15, 0.2) is 30.3 Å². The van der Waals surface area contributed by atoms with Crippen LogP contribution in [0.5, 0.6) is 0 Å². The minimum absolute atomic E-state index is 0.482. The molecule has 1 atom stereocenters. The van der Waals surface area contributed by atoms with Crippen molar-refractivity contribution < 1.29 is 9.47 Å². The zero-order valence-electron chi connectivity index (χ0n) is 7.61. The third-order valence-electron chi connectivity index (χ3n) is 2.10. The van der Waals surface area contributed by atoms with Crippen LogP contribution in [0.4, 0.5) is 0 Å². The summed E-state index contributed by atoms with van der Waals surface area (Å²) in [5.41, 5.74) is 1.24. The van der Waals surface area contributed by atoms with Gasteiger partial charge >= 0.3 is 0 Å². The first-order chi connectivity index (χ1) is 6.45. The van der Waals surface area contributed by atoms with Crippen molar-refractivity contribution in [2.24, 2.45) is 0 Å². The number of hydrogen-bond acceptors (Lipinski definition) is 2. The Morgan fingerprint density at radius 2 is 2.08 bits per heavy atom. The second kappa shape index (κ2) is 4.40. The number of benzene rings is 1. The Morgan fingerprint density at radius 1 is 1.31 bits per heavy atom. The van der Waals surface area contributed by atoms with Gasteiger partial charge in [-0.1, -0.05) is 30.3 Å². The van der Waals surface area contributed by atoms with Crippen LogP contribution in [0, 0.1) is 0 Å². The fourth-order valence-electron chi connectivity index (χ4n) is 1.21. The van der Waals surface area contributed by atoms with Crippen LogP contribution >= 0.6 is 0 Å². The van der Waals surface area contributed by atoms with E-state index < -0.39 is 0 Å². The Labute approximate surface area is 78.5 Å². The summed E-state index contributed by atoms with van der Waals surface area (Å²) in [4.78, 5) is 0. The molecule has 0 aliphatic carbocycles. The van der Waals surface area contributed by atoms with E-state index >= 15 is 0 Å². The van der Waals surface area contributed by atoms with Gasteiger partial charge in [-0.15, -0.1) is 0 Å². The molecule has 0 amide bonds. The molecule has 2 rings (SSSR count). The standard InChI is InChI=1S/C11H14O2/c1-2-4-10(5-3-1)8-12-7-6-11-9-13-11/h1-5,11H,6-9H2/t11-/m0/s1. The SMILES string of the molecule is c1ccc(COCC[C@H]2CO2)cc1. The maximum absolute atomic E-state index is 5.49. The van der Waals surface area contributed by atoms with Gasteiger partial charge in [0.2, 0.25) is 0 Å². The van der Waals surface area contributed by atoms with Crippen molar-refractivity contribution in [1.82, 2.24) is 0 Å². The number of rotatable bonds is 5. The summed E-state index contributed by atoms with van der Waals surface area (Å²) in [6.07, 6.45) is 1.52. The maximum atomic E-state index is 5.49. The molecule has 0 spiro atoms. The smallest absolute Gasteiger partial charge is 0.0831 e. The van der Waals surface area contributed by atoms with Gasteiger partial charge in [-0.3, -0.25) is 0 Å². The Morgan fingerprint density at radius 3 is 2.77 bits per heavy atom. The molecule has 1 fully saturated rings. The molecular weight excluding hydrogens is 164 g/mol. The summed E-state index contributed by atoms with van der Waals surface area (Å²) in [5, 5.41) is 0. The van der Waals surface area contributed by atoms with E-state index in [1.54, 1.807) is 0 Å². The quantitative estimate of drug-likeness (QED) is 0.508. The van der Waals surface area contributed by atoms with Gasteiger partial charge in [0.15, 0.2) is 0 Å². The van der Waals surface area contributed by atoms with Crippen molar-refractivity contribution in [2.75, 3.05) is 13.2 Å². The van der Waals surface area contributed by atoms with Gasteiger partial charge < -0.3 is 9.47 Å². The van der Waals surface area contributed by atoms with Gasteiger partial charge in [-0.2, -0.15) is 0 Å². The zero-order chi connectivity index (χ0) is 8.93. The predicted molar refractivity (Wildman–Crippen MR) is 50.5 cm³/mol. The van der Waals surface area contributed by atoms with Crippen molar-refractivity contribution in [1.29, 1.82) is 0 Å². The van der Waals surface area contributed by atoms with E-state index in [2.05, 4.69) is 12.1 Å². The van der Waals surface area contributed by atoms with Crippen LogP contribution in [0.3, 0.4) is 0 Å². The Hall–Kier alpha value is -0.860. The van der Waals surface area contributed by atoms with Crippen LogP contribution in [-0.4, -0.2) is 19.3 Å². The van der Waals surface area contributed by atoms with E-state index in [-0.39, 0.29) is 0 Å². The van der Waals surface area contributed by atoms with E-state index in [1.165, 1.54) is 5.56 Å². The third-order valence-corrected chi connectivity index (χ3v) is 2.10. The highest BCUT2D eigenvalue weighted by molar-refractivity contribution is 5.13. The molecule has 1 aromatic rings. The summed E-state index contributed by atoms with van der Waals surface area (Å²) in [5.74, 6) is 0. The third kappa shape index (κ3) is 3.17. The molecule has 0 radical (unpaired) electrons. The zero-order valence-corrected chi connectivity index (χ0v) is 7.61. The monoisotopic (exact) mass is 178 g/mol. The van der Waals surface area contributed by atoms with Crippen molar-refractivity contribution in [3.8, 4) is 0 Å². The van der Waals surface area contributed by atoms with E-state index in [0.29, 0.717) is 12.7 Å². The second-order valence-electron chi connectivity index (χ2n) is 3.28. The topological polar surface area (TPSA) is 21.8 Å². The minimum atomic E-state index is 0.482. The van der Waals surface area contributed by atoms with Gasteiger partial charge in [0.1, 0.15) is 0 Å². The summed E-state index contributed by atoms with van der Waals surface area (Å²) in [7, 11) is 0. The molecule has 70 valence electrons. The van der Waals surface area contributed by atoms with Crippen LogP contribution in [0.1, 0.15) is 12.0 Å². The van der Waals surface area contributed by atoms with Crippen molar-refractivity contribution in [3.63, 3.8) is 0 Å². The van der Waals surface area contributed by atoms with Crippen molar-refractivity contribution >= 4 is 0 Å². The molecule has 2 heteroatoms.